The van der Waals surface area contributed by atoms with Crippen LogP contribution in [0, 0.1) is 3.57 Å². The van der Waals surface area contributed by atoms with Crippen molar-refractivity contribution in [1.29, 1.82) is 0 Å². The third kappa shape index (κ3) is 4.51. The van der Waals surface area contributed by atoms with Crippen LogP contribution < -0.4 is 15.2 Å². The van der Waals surface area contributed by atoms with Gasteiger partial charge in [0.05, 0.1) is 7.11 Å². The number of rotatable bonds is 7. The Bertz CT molecular complexity index is 1150. The third-order valence-electron chi connectivity index (χ3n) is 4.97. The van der Waals surface area contributed by atoms with Crippen LogP contribution in [-0.2, 0) is 11.3 Å². The lowest BCUT2D eigenvalue weighted by molar-refractivity contribution is 0.110. The van der Waals surface area contributed by atoms with E-state index in [1.165, 1.54) is 25.2 Å². The Morgan fingerprint density at radius 2 is 2.09 bits per heavy atom. The van der Waals surface area contributed by atoms with Crippen molar-refractivity contribution in [2.45, 2.75) is 42.9 Å². The first-order valence-electron chi connectivity index (χ1n) is 9.97. The number of hydrogen-bond donors (Lipinski definition) is 1. The number of ether oxygens (including phenoxy) is 3. The Morgan fingerprint density at radius 3 is 2.81 bits per heavy atom. The molecule has 4 rings (SSSR count). The van der Waals surface area contributed by atoms with Gasteiger partial charge in [0, 0.05) is 27.6 Å². The molecule has 3 heterocycles. The number of amides is 1. The number of nitrogens with zero attached hydrogens (tertiary/aromatic N) is 5. The number of aromatic nitrogens is 4. The van der Waals surface area contributed by atoms with Crippen LogP contribution >= 0.6 is 34.4 Å². The molecular formula is C20H23IN6O4S. The average Bonchev–Trinajstić information content (AvgIpc) is 3.35. The zero-order valence-electron chi connectivity index (χ0n) is 17.9. The first-order chi connectivity index (χ1) is 15.4. The smallest absolute Gasteiger partial charge is 0.409 e. The van der Waals surface area contributed by atoms with E-state index >= 15 is 0 Å². The van der Waals surface area contributed by atoms with Crippen LogP contribution in [-0.4, -0.2) is 57.0 Å². The highest BCUT2D eigenvalue weighted by atomic mass is 127. The van der Waals surface area contributed by atoms with E-state index in [2.05, 4.69) is 32.6 Å². The van der Waals surface area contributed by atoms with Gasteiger partial charge >= 0.3 is 6.09 Å². The molecule has 0 bridgehead atoms. The zero-order chi connectivity index (χ0) is 22.8. The molecule has 2 aromatic heterocycles. The summed E-state index contributed by atoms with van der Waals surface area (Å²) in [4.78, 5) is 27.9. The van der Waals surface area contributed by atoms with Crippen molar-refractivity contribution in [2.75, 3.05) is 26.2 Å². The lowest BCUT2D eigenvalue weighted by Gasteiger charge is -2.25. The number of anilines is 1. The van der Waals surface area contributed by atoms with Gasteiger partial charge in [0.1, 0.15) is 6.33 Å². The number of nitrogen functional groups attached to an aromatic ring is 1. The molecule has 1 amide bonds. The van der Waals surface area contributed by atoms with Gasteiger partial charge in [-0.25, -0.2) is 19.7 Å². The molecule has 1 aliphatic rings. The fraction of sp³-hybridized carbons (Fsp3) is 0.400. The molecule has 3 aromatic rings. The van der Waals surface area contributed by atoms with Crippen molar-refractivity contribution < 1.29 is 19.0 Å². The van der Waals surface area contributed by atoms with Crippen LogP contribution in [0.1, 0.15) is 20.3 Å². The Morgan fingerprint density at radius 1 is 1.34 bits per heavy atom. The van der Waals surface area contributed by atoms with E-state index in [1.54, 1.807) is 4.90 Å². The highest BCUT2D eigenvalue weighted by Crippen LogP contribution is 2.41. The van der Waals surface area contributed by atoms with Crippen LogP contribution in [0.2, 0.25) is 0 Å². The maximum atomic E-state index is 12.1. The van der Waals surface area contributed by atoms with Crippen molar-refractivity contribution in [3.63, 3.8) is 0 Å². The summed E-state index contributed by atoms with van der Waals surface area (Å²) in [5.74, 6) is 1.77. The summed E-state index contributed by atoms with van der Waals surface area (Å²) >= 11 is 3.77. The number of hydrogen-bond acceptors (Lipinski definition) is 9. The second-order valence-electron chi connectivity index (χ2n) is 7.33. The molecule has 0 spiro atoms. The minimum Gasteiger partial charge on any atom is -0.454 e. The maximum Gasteiger partial charge on any atom is 0.409 e. The zero-order valence-corrected chi connectivity index (χ0v) is 20.8. The number of halogens is 1. The fourth-order valence-electron chi connectivity index (χ4n) is 3.37. The highest BCUT2D eigenvalue weighted by Gasteiger charge is 2.22. The molecule has 32 heavy (non-hydrogen) atoms. The van der Waals surface area contributed by atoms with Crippen LogP contribution in [0.5, 0.6) is 11.5 Å². The Labute approximate surface area is 203 Å². The number of nitrogens with two attached hydrogens (primary N) is 1. The Hall–Kier alpha value is -2.48. The molecule has 0 atom stereocenters. The summed E-state index contributed by atoms with van der Waals surface area (Å²) in [5.41, 5.74) is 7.28. The maximum absolute atomic E-state index is 12.1. The van der Waals surface area contributed by atoms with Crippen LogP contribution in [0.3, 0.4) is 0 Å². The number of carbonyl (C=O) groups is 1. The summed E-state index contributed by atoms with van der Waals surface area (Å²) < 4.78 is 18.9. The number of aryl methyl sites for hydroxylation is 1. The van der Waals surface area contributed by atoms with E-state index in [0.717, 1.165) is 19.4 Å². The topological polar surface area (TPSA) is 118 Å². The second-order valence-corrected chi connectivity index (χ2v) is 9.50. The lowest BCUT2D eigenvalue weighted by Crippen LogP contribution is -2.37. The molecule has 0 saturated heterocycles. The lowest BCUT2D eigenvalue weighted by atomic mass is 10.3. The van der Waals surface area contributed by atoms with Crippen molar-refractivity contribution in [1.82, 2.24) is 24.4 Å². The minimum atomic E-state index is -0.341. The van der Waals surface area contributed by atoms with Crippen LogP contribution in [0.4, 0.5) is 10.6 Å². The number of carbonyl (C=O) groups excluding carboxylic acids is 1. The molecule has 0 aliphatic carbocycles. The Kier molecular flexibility index (Phi) is 6.79. The quantitative estimate of drug-likeness (QED) is 0.424. The van der Waals surface area contributed by atoms with Gasteiger partial charge in [-0.05, 0) is 55.0 Å². The number of methoxy groups -OCH3 is 1. The van der Waals surface area contributed by atoms with Gasteiger partial charge in [0.15, 0.2) is 33.6 Å². The van der Waals surface area contributed by atoms with Gasteiger partial charge in [0.25, 0.3) is 0 Å². The van der Waals surface area contributed by atoms with Crippen molar-refractivity contribution in [2.24, 2.45) is 0 Å². The summed E-state index contributed by atoms with van der Waals surface area (Å²) in [6, 6.07) is 3.93. The molecule has 0 radical (unpaired) electrons. The summed E-state index contributed by atoms with van der Waals surface area (Å²) in [5, 5.41) is 0.734. The molecule has 0 fully saturated rings. The van der Waals surface area contributed by atoms with E-state index in [1.807, 2.05) is 30.5 Å². The largest absolute Gasteiger partial charge is 0.454 e. The third-order valence-corrected chi connectivity index (χ3v) is 7.28. The van der Waals surface area contributed by atoms with Crippen molar-refractivity contribution in [3.8, 4) is 11.5 Å². The molecule has 1 aliphatic heterocycles. The minimum absolute atomic E-state index is 0.0315. The predicted octanol–water partition coefficient (Wildman–Crippen LogP) is 3.76. The van der Waals surface area contributed by atoms with E-state index in [4.69, 9.17) is 24.9 Å². The van der Waals surface area contributed by atoms with Crippen molar-refractivity contribution in [3.05, 3.63) is 22.0 Å². The molecule has 1 aromatic carbocycles. The first kappa shape index (κ1) is 22.7. The van der Waals surface area contributed by atoms with E-state index in [-0.39, 0.29) is 18.9 Å². The van der Waals surface area contributed by atoms with Gasteiger partial charge in [-0.15, -0.1) is 0 Å². The molecule has 170 valence electrons. The molecule has 10 nitrogen and oxygen atoms in total. The average molecular weight is 570 g/mol. The van der Waals surface area contributed by atoms with Gasteiger partial charge < -0.3 is 29.4 Å². The van der Waals surface area contributed by atoms with Crippen LogP contribution in [0.15, 0.2) is 28.5 Å². The summed E-state index contributed by atoms with van der Waals surface area (Å²) in [6.45, 7) is 5.27. The van der Waals surface area contributed by atoms with Crippen LogP contribution in [0.25, 0.3) is 11.2 Å². The van der Waals surface area contributed by atoms with E-state index in [0.29, 0.717) is 42.2 Å². The Balaban J connectivity index is 1.63. The van der Waals surface area contributed by atoms with Gasteiger partial charge in [-0.3, -0.25) is 0 Å². The van der Waals surface area contributed by atoms with E-state index < -0.39 is 0 Å². The van der Waals surface area contributed by atoms with E-state index in [9.17, 15) is 4.79 Å². The number of fused-ring (bicyclic) bond motifs is 2. The fourth-order valence-corrected chi connectivity index (χ4v) is 5.08. The summed E-state index contributed by atoms with van der Waals surface area (Å²) in [6.07, 6.45) is 1.78. The SMILES string of the molecule is COC(=O)N(CCCn1c(Sc2cc3c(cc2I)OCO3)nc2c(N)ncnc21)C(C)C. The standard InChI is InChI=1S/C20H23IN6O4S/c1-11(2)26(20(28)29-3)5-4-6-27-18-16(17(22)23-9-24-18)25-19(27)32-15-8-14-13(7-12(15)21)30-10-31-14/h7-9,11H,4-6,10H2,1-3H3,(H2,22,23,24). The molecule has 12 heteroatoms. The number of imidazole rings is 1. The van der Waals surface area contributed by atoms with Gasteiger partial charge in [-0.1, -0.05) is 11.8 Å². The highest BCUT2D eigenvalue weighted by molar-refractivity contribution is 14.1. The molecule has 2 N–H and O–H groups in total. The number of benzene rings is 1. The second kappa shape index (κ2) is 9.57. The van der Waals surface area contributed by atoms with Gasteiger partial charge in [-0.2, -0.15) is 0 Å². The monoisotopic (exact) mass is 570 g/mol. The molecular weight excluding hydrogens is 547 g/mol. The van der Waals surface area contributed by atoms with Crippen molar-refractivity contribution >= 4 is 57.4 Å². The molecule has 0 unspecified atom stereocenters. The first-order valence-corrected chi connectivity index (χ1v) is 11.9. The summed E-state index contributed by atoms with van der Waals surface area (Å²) in [7, 11) is 1.39. The van der Waals surface area contributed by atoms with Gasteiger partial charge in [0.2, 0.25) is 6.79 Å². The molecule has 0 saturated carbocycles. The predicted molar refractivity (Wildman–Crippen MR) is 128 cm³/mol. The normalized spacial score (nSPS) is 12.5.